The van der Waals surface area contributed by atoms with Crippen molar-refractivity contribution < 1.29 is 13.2 Å². The van der Waals surface area contributed by atoms with E-state index in [0.29, 0.717) is 11.4 Å². The molecule has 0 aliphatic carbocycles. The highest BCUT2D eigenvalue weighted by Gasteiger charge is 2.27. The third kappa shape index (κ3) is 4.02. The van der Waals surface area contributed by atoms with Crippen molar-refractivity contribution in [3.05, 3.63) is 40.7 Å². The third-order valence-corrected chi connectivity index (χ3v) is 7.02. The number of aromatic nitrogens is 3. The zero-order chi connectivity index (χ0) is 19.8. The van der Waals surface area contributed by atoms with Crippen LogP contribution in [-0.2, 0) is 28.4 Å². The van der Waals surface area contributed by atoms with Gasteiger partial charge in [-0.15, -0.1) is 11.3 Å². The van der Waals surface area contributed by atoms with E-state index >= 15 is 0 Å². The molecule has 0 saturated carbocycles. The predicted octanol–water partition coefficient (Wildman–Crippen LogP) is 1.63. The highest BCUT2D eigenvalue weighted by molar-refractivity contribution is 7.89. The van der Waals surface area contributed by atoms with Crippen LogP contribution in [0.15, 0.2) is 29.2 Å². The predicted molar refractivity (Wildman–Crippen MR) is 104 cm³/mol. The summed E-state index contributed by atoms with van der Waals surface area (Å²) in [6, 6.07) is 6.79. The summed E-state index contributed by atoms with van der Waals surface area (Å²) in [5.74, 6) is -0.419. The van der Waals surface area contributed by atoms with Gasteiger partial charge in [-0.1, -0.05) is 12.1 Å². The molecule has 1 unspecified atom stereocenters. The van der Waals surface area contributed by atoms with Crippen LogP contribution in [0.3, 0.4) is 0 Å². The minimum atomic E-state index is -3.86. The van der Waals surface area contributed by atoms with Crippen LogP contribution in [-0.4, -0.2) is 35.1 Å². The van der Waals surface area contributed by atoms with Gasteiger partial charge in [-0.3, -0.25) is 9.48 Å². The molecule has 0 fully saturated rings. The molecule has 27 heavy (non-hydrogen) atoms. The summed E-state index contributed by atoms with van der Waals surface area (Å²) in [4.78, 5) is 16.9. The number of thiazole rings is 1. The van der Waals surface area contributed by atoms with Gasteiger partial charge in [0.15, 0.2) is 0 Å². The molecule has 2 heterocycles. The van der Waals surface area contributed by atoms with Gasteiger partial charge in [-0.25, -0.2) is 13.4 Å². The Labute approximate surface area is 161 Å². The fraction of sp³-hybridized carbons (Fsp3) is 0.353. The lowest BCUT2D eigenvalue weighted by molar-refractivity contribution is -0.122. The molecule has 0 aliphatic rings. The SMILES string of the molecule is Cc1nn(C)c(C)c1S(=O)(=O)NC(C)C(=O)NCc1nc2ccccc2s1. The molecule has 0 aliphatic heterocycles. The molecule has 1 amide bonds. The van der Waals surface area contributed by atoms with Gasteiger partial charge in [0, 0.05) is 7.05 Å². The molecule has 2 N–H and O–H groups in total. The molecule has 10 heteroatoms. The molecule has 0 spiro atoms. The molecule has 8 nitrogen and oxygen atoms in total. The lowest BCUT2D eigenvalue weighted by Crippen LogP contribution is -2.44. The Hall–Kier alpha value is -2.30. The number of benzene rings is 1. The van der Waals surface area contributed by atoms with E-state index in [9.17, 15) is 13.2 Å². The Balaban J connectivity index is 1.66. The van der Waals surface area contributed by atoms with Crippen molar-refractivity contribution in [2.24, 2.45) is 7.05 Å². The Morgan fingerprint density at radius 2 is 2.00 bits per heavy atom. The smallest absolute Gasteiger partial charge is 0.244 e. The van der Waals surface area contributed by atoms with Gasteiger partial charge < -0.3 is 5.32 Å². The number of amides is 1. The highest BCUT2D eigenvalue weighted by Crippen LogP contribution is 2.21. The van der Waals surface area contributed by atoms with Crippen LogP contribution >= 0.6 is 11.3 Å². The molecule has 3 rings (SSSR count). The molecular weight excluding hydrogens is 386 g/mol. The van der Waals surface area contributed by atoms with Crippen LogP contribution in [0.4, 0.5) is 0 Å². The van der Waals surface area contributed by atoms with E-state index < -0.39 is 22.0 Å². The molecule has 1 atom stereocenters. The minimum Gasteiger partial charge on any atom is -0.348 e. The van der Waals surface area contributed by atoms with Crippen LogP contribution < -0.4 is 10.0 Å². The summed E-state index contributed by atoms with van der Waals surface area (Å²) in [6.07, 6.45) is 0. The first kappa shape index (κ1) is 19.5. The number of fused-ring (bicyclic) bond motifs is 1. The van der Waals surface area contributed by atoms with Crippen molar-refractivity contribution in [3.63, 3.8) is 0 Å². The highest BCUT2D eigenvalue weighted by atomic mass is 32.2. The van der Waals surface area contributed by atoms with E-state index in [0.717, 1.165) is 15.2 Å². The van der Waals surface area contributed by atoms with Gasteiger partial charge in [0.1, 0.15) is 9.90 Å². The normalized spacial score (nSPS) is 13.0. The Morgan fingerprint density at radius 3 is 2.63 bits per heavy atom. The fourth-order valence-electron chi connectivity index (χ4n) is 2.80. The van der Waals surface area contributed by atoms with E-state index in [2.05, 4.69) is 20.1 Å². The number of rotatable bonds is 6. The second-order valence-electron chi connectivity index (χ2n) is 6.26. The number of nitrogens with one attached hydrogen (secondary N) is 2. The lowest BCUT2D eigenvalue weighted by Gasteiger charge is -2.14. The summed E-state index contributed by atoms with van der Waals surface area (Å²) < 4.78 is 30.2. The lowest BCUT2D eigenvalue weighted by atomic mass is 10.3. The van der Waals surface area contributed by atoms with Crippen LogP contribution in [0, 0.1) is 13.8 Å². The Kier molecular flexibility index (Phi) is 5.31. The standard InChI is InChI=1S/C17H21N5O3S2/c1-10-16(12(3)22(4)20-10)27(24,25)21-11(2)17(23)18-9-15-19-13-7-5-6-8-14(13)26-15/h5-8,11,21H,9H2,1-4H3,(H,18,23). The monoisotopic (exact) mass is 407 g/mol. The average molecular weight is 408 g/mol. The van der Waals surface area contributed by atoms with Crippen molar-refractivity contribution in [3.8, 4) is 0 Å². The second kappa shape index (κ2) is 7.37. The fourth-order valence-corrected chi connectivity index (χ4v) is 5.35. The van der Waals surface area contributed by atoms with Crippen LogP contribution in [0.5, 0.6) is 0 Å². The van der Waals surface area contributed by atoms with Gasteiger partial charge in [-0.05, 0) is 32.9 Å². The number of nitrogens with zero attached hydrogens (tertiary/aromatic N) is 3. The summed E-state index contributed by atoms with van der Waals surface area (Å²) >= 11 is 1.49. The quantitative estimate of drug-likeness (QED) is 0.646. The number of aryl methyl sites for hydroxylation is 2. The summed E-state index contributed by atoms with van der Waals surface area (Å²) in [5, 5.41) is 7.61. The summed E-state index contributed by atoms with van der Waals surface area (Å²) in [6.45, 7) is 5.05. The molecule has 1 aromatic carbocycles. The topological polar surface area (TPSA) is 106 Å². The first-order valence-corrected chi connectivity index (χ1v) is 10.6. The number of sulfonamides is 1. The maximum atomic E-state index is 12.6. The largest absolute Gasteiger partial charge is 0.348 e. The van der Waals surface area contributed by atoms with Crippen molar-refractivity contribution in [2.45, 2.75) is 38.3 Å². The van der Waals surface area contributed by atoms with E-state index in [1.54, 1.807) is 20.9 Å². The zero-order valence-electron chi connectivity index (χ0n) is 15.5. The number of hydrogen-bond donors (Lipinski definition) is 2. The number of carbonyl (C=O) groups excluding carboxylic acids is 1. The van der Waals surface area contributed by atoms with Crippen molar-refractivity contribution in [2.75, 3.05) is 0 Å². The van der Waals surface area contributed by atoms with Gasteiger partial charge >= 0.3 is 0 Å². The average Bonchev–Trinajstić information content (AvgIpc) is 3.12. The van der Waals surface area contributed by atoms with Gasteiger partial charge in [-0.2, -0.15) is 9.82 Å². The molecule has 2 aromatic heterocycles. The summed E-state index contributed by atoms with van der Waals surface area (Å²) in [7, 11) is -2.18. The van der Waals surface area contributed by atoms with Crippen LogP contribution in [0.25, 0.3) is 10.2 Å². The first-order chi connectivity index (χ1) is 12.7. The number of carbonyl (C=O) groups is 1. The number of para-hydroxylation sites is 1. The van der Waals surface area contributed by atoms with E-state index in [1.165, 1.54) is 22.9 Å². The number of hydrogen-bond acceptors (Lipinski definition) is 6. The van der Waals surface area contributed by atoms with Gasteiger partial charge in [0.25, 0.3) is 0 Å². The van der Waals surface area contributed by atoms with Crippen LogP contribution in [0.2, 0.25) is 0 Å². The zero-order valence-corrected chi connectivity index (χ0v) is 17.1. The molecule has 144 valence electrons. The van der Waals surface area contributed by atoms with E-state index in [-0.39, 0.29) is 11.4 Å². The van der Waals surface area contributed by atoms with E-state index in [4.69, 9.17) is 0 Å². The first-order valence-electron chi connectivity index (χ1n) is 8.33. The van der Waals surface area contributed by atoms with Gasteiger partial charge in [0.2, 0.25) is 15.9 Å². The van der Waals surface area contributed by atoms with E-state index in [1.807, 2.05) is 24.3 Å². The van der Waals surface area contributed by atoms with Crippen LogP contribution in [0.1, 0.15) is 23.3 Å². The van der Waals surface area contributed by atoms with Crippen molar-refractivity contribution in [1.82, 2.24) is 24.8 Å². The maximum absolute atomic E-state index is 12.6. The van der Waals surface area contributed by atoms with Crippen molar-refractivity contribution >= 4 is 37.5 Å². The van der Waals surface area contributed by atoms with Crippen molar-refractivity contribution in [1.29, 1.82) is 0 Å². The second-order valence-corrected chi connectivity index (χ2v) is 9.03. The molecule has 3 aromatic rings. The van der Waals surface area contributed by atoms with Gasteiger partial charge in [0.05, 0.1) is 34.2 Å². The molecule has 0 radical (unpaired) electrons. The third-order valence-electron chi connectivity index (χ3n) is 4.19. The summed E-state index contributed by atoms with van der Waals surface area (Å²) in [5.41, 5.74) is 1.79. The molecular formula is C17H21N5O3S2. The maximum Gasteiger partial charge on any atom is 0.244 e. The minimum absolute atomic E-state index is 0.107. The Bertz CT molecular complexity index is 1070. The Morgan fingerprint density at radius 1 is 1.30 bits per heavy atom. The molecule has 0 saturated heterocycles. The molecule has 0 bridgehead atoms.